The second-order valence-electron chi connectivity index (χ2n) is 13.5. The van der Waals surface area contributed by atoms with Crippen LogP contribution in [0.25, 0.3) is 100 Å². The van der Waals surface area contributed by atoms with E-state index in [4.69, 9.17) is 14.4 Å². The van der Waals surface area contributed by atoms with Crippen molar-refractivity contribution in [1.82, 2.24) is 19.9 Å². The van der Waals surface area contributed by atoms with Crippen molar-refractivity contribution in [2.75, 3.05) is 0 Å². The first kappa shape index (κ1) is 32.2. The quantitative estimate of drug-likeness (QED) is 0.165. The van der Waals surface area contributed by atoms with Crippen molar-refractivity contribution in [3.63, 3.8) is 0 Å². The van der Waals surface area contributed by atoms with E-state index >= 15 is 0 Å². The summed E-state index contributed by atoms with van der Waals surface area (Å²) >= 11 is 0. The lowest BCUT2D eigenvalue weighted by atomic mass is 9.93. The van der Waals surface area contributed by atoms with Gasteiger partial charge in [-0.1, -0.05) is 121 Å². The number of pyridine rings is 2. The Morgan fingerprint density at radius 1 is 0.345 bits per heavy atom. The van der Waals surface area contributed by atoms with Gasteiger partial charge in [0.2, 0.25) is 0 Å². The predicted molar refractivity (Wildman–Crippen MR) is 223 cm³/mol. The molecule has 55 heavy (non-hydrogen) atoms. The lowest BCUT2D eigenvalue weighted by Gasteiger charge is -2.14. The number of para-hydroxylation sites is 1. The molecule has 0 aliphatic rings. The molecule has 10 rings (SSSR count). The van der Waals surface area contributed by atoms with Gasteiger partial charge in [-0.2, -0.15) is 0 Å². The molecule has 4 heterocycles. The monoisotopic (exact) mass is 704 g/mol. The molecule has 5 heteroatoms. The molecule has 0 aliphatic carbocycles. The highest BCUT2D eigenvalue weighted by Gasteiger charge is 2.18. The van der Waals surface area contributed by atoms with E-state index in [2.05, 4.69) is 125 Å². The number of furan rings is 1. The van der Waals surface area contributed by atoms with Crippen LogP contribution in [0, 0.1) is 0 Å². The Hall–Kier alpha value is -7.50. The number of fused-ring (bicyclic) bond motifs is 3. The molecule has 10 aromatic rings. The van der Waals surface area contributed by atoms with E-state index < -0.39 is 0 Å². The minimum Gasteiger partial charge on any atom is -0.456 e. The van der Waals surface area contributed by atoms with Gasteiger partial charge in [0.05, 0.1) is 11.4 Å². The van der Waals surface area contributed by atoms with Gasteiger partial charge in [-0.15, -0.1) is 0 Å². The SMILES string of the molecule is c1ccc(-c2nc(-c3cc(-c4ccc(-c5cccnc5)cc4)cc(-c4ccc(-c5cccnc5)cc4)c3)cc(-c3cccc4oc5ccccc5c34)n2)cc1. The number of nitrogens with zero attached hydrogens (tertiary/aromatic N) is 4. The molecule has 0 fully saturated rings. The van der Waals surface area contributed by atoms with Gasteiger partial charge in [0, 0.05) is 52.3 Å². The minimum atomic E-state index is 0.659. The summed E-state index contributed by atoms with van der Waals surface area (Å²) < 4.78 is 6.30. The van der Waals surface area contributed by atoms with E-state index in [0.717, 1.165) is 94.5 Å². The molecule has 0 atom stereocenters. The van der Waals surface area contributed by atoms with Crippen molar-refractivity contribution in [3.8, 4) is 78.4 Å². The lowest BCUT2D eigenvalue weighted by Crippen LogP contribution is -1.97. The largest absolute Gasteiger partial charge is 0.456 e. The molecular weight excluding hydrogens is 673 g/mol. The summed E-state index contributed by atoms with van der Waals surface area (Å²) in [5.41, 5.74) is 15.1. The Labute approximate surface area is 318 Å². The van der Waals surface area contributed by atoms with Crippen molar-refractivity contribution in [2.45, 2.75) is 0 Å². The third-order valence-corrected chi connectivity index (χ3v) is 10.1. The van der Waals surface area contributed by atoms with Crippen LogP contribution in [0.1, 0.15) is 0 Å². The molecule has 5 nitrogen and oxygen atoms in total. The number of hydrogen-bond donors (Lipinski definition) is 0. The number of aromatic nitrogens is 4. The van der Waals surface area contributed by atoms with Gasteiger partial charge in [0.25, 0.3) is 0 Å². The molecule has 4 aromatic heterocycles. The standard InChI is InChI=1S/C50H32N4O/c1-2-9-37(10-3-1)50-53-45(30-46(54-50)43-14-6-16-48-49(43)44-13-4-5-15-47(44)55-48)42-28-40(35-21-17-33(18-22-35)38-11-7-25-51-31-38)27-41(29-42)36-23-19-34(20-24-36)39-12-8-26-52-32-39/h1-32H. The lowest BCUT2D eigenvalue weighted by molar-refractivity contribution is 0.669. The van der Waals surface area contributed by atoms with Gasteiger partial charge < -0.3 is 4.42 Å². The highest BCUT2D eigenvalue weighted by atomic mass is 16.3. The third kappa shape index (κ3) is 6.24. The Kier molecular flexibility index (Phi) is 8.08. The molecule has 0 saturated carbocycles. The van der Waals surface area contributed by atoms with Crippen LogP contribution >= 0.6 is 0 Å². The average molecular weight is 705 g/mol. The van der Waals surface area contributed by atoms with Crippen molar-refractivity contribution < 1.29 is 4.42 Å². The average Bonchev–Trinajstić information content (AvgIpc) is 3.66. The molecule has 0 bridgehead atoms. The molecular formula is C50H32N4O. The first-order valence-electron chi connectivity index (χ1n) is 18.3. The van der Waals surface area contributed by atoms with E-state index in [1.54, 1.807) is 12.4 Å². The third-order valence-electron chi connectivity index (χ3n) is 10.1. The number of rotatable bonds is 7. The molecule has 0 saturated heterocycles. The maximum atomic E-state index is 6.30. The van der Waals surface area contributed by atoms with Crippen LogP contribution in [0.3, 0.4) is 0 Å². The summed E-state index contributed by atoms with van der Waals surface area (Å²) in [4.78, 5) is 19.1. The maximum Gasteiger partial charge on any atom is 0.160 e. The minimum absolute atomic E-state index is 0.659. The Morgan fingerprint density at radius 3 is 1.49 bits per heavy atom. The molecule has 0 amide bonds. The normalized spacial score (nSPS) is 11.3. The first-order valence-corrected chi connectivity index (χ1v) is 18.3. The smallest absolute Gasteiger partial charge is 0.160 e. The molecule has 0 N–H and O–H groups in total. The van der Waals surface area contributed by atoms with Gasteiger partial charge in [-0.3, -0.25) is 9.97 Å². The maximum absolute atomic E-state index is 6.30. The fourth-order valence-electron chi connectivity index (χ4n) is 7.32. The van der Waals surface area contributed by atoms with Crippen LogP contribution in [0.15, 0.2) is 199 Å². The zero-order chi connectivity index (χ0) is 36.6. The second-order valence-corrected chi connectivity index (χ2v) is 13.5. The Balaban J connectivity index is 1.16. The summed E-state index contributed by atoms with van der Waals surface area (Å²) in [6, 6.07) is 58.9. The summed E-state index contributed by atoms with van der Waals surface area (Å²) in [5, 5.41) is 2.10. The van der Waals surface area contributed by atoms with E-state index in [1.165, 1.54) is 0 Å². The molecule has 0 aliphatic heterocycles. The Morgan fingerprint density at radius 2 is 0.873 bits per heavy atom. The van der Waals surface area contributed by atoms with Crippen molar-refractivity contribution in [1.29, 1.82) is 0 Å². The molecule has 6 aromatic carbocycles. The highest BCUT2D eigenvalue weighted by Crippen LogP contribution is 2.39. The van der Waals surface area contributed by atoms with Gasteiger partial charge in [0.1, 0.15) is 11.2 Å². The predicted octanol–water partition coefficient (Wildman–Crippen LogP) is 12.8. The van der Waals surface area contributed by atoms with Crippen LogP contribution < -0.4 is 0 Å². The van der Waals surface area contributed by atoms with Gasteiger partial charge >= 0.3 is 0 Å². The summed E-state index contributed by atoms with van der Waals surface area (Å²) in [5.74, 6) is 0.659. The fraction of sp³-hybridized carbons (Fsp3) is 0. The zero-order valence-corrected chi connectivity index (χ0v) is 29.7. The molecule has 0 spiro atoms. The van der Waals surface area contributed by atoms with Crippen LogP contribution in [0.4, 0.5) is 0 Å². The van der Waals surface area contributed by atoms with E-state index in [1.807, 2.05) is 67.0 Å². The van der Waals surface area contributed by atoms with Crippen molar-refractivity contribution in [3.05, 3.63) is 195 Å². The van der Waals surface area contributed by atoms with E-state index in [9.17, 15) is 0 Å². The van der Waals surface area contributed by atoms with Crippen LogP contribution in [0.2, 0.25) is 0 Å². The van der Waals surface area contributed by atoms with Gasteiger partial charge in [0.15, 0.2) is 5.82 Å². The first-order chi connectivity index (χ1) is 27.2. The fourth-order valence-corrected chi connectivity index (χ4v) is 7.32. The van der Waals surface area contributed by atoms with Crippen molar-refractivity contribution in [2.24, 2.45) is 0 Å². The van der Waals surface area contributed by atoms with Crippen LogP contribution in [0.5, 0.6) is 0 Å². The topological polar surface area (TPSA) is 64.7 Å². The van der Waals surface area contributed by atoms with E-state index in [-0.39, 0.29) is 0 Å². The van der Waals surface area contributed by atoms with Gasteiger partial charge in [-0.05, 0) is 93.0 Å². The second kappa shape index (κ2) is 13.8. The molecule has 0 unspecified atom stereocenters. The van der Waals surface area contributed by atoms with E-state index in [0.29, 0.717) is 5.82 Å². The van der Waals surface area contributed by atoms with Crippen LogP contribution in [-0.2, 0) is 0 Å². The summed E-state index contributed by atoms with van der Waals surface area (Å²) in [7, 11) is 0. The van der Waals surface area contributed by atoms with Gasteiger partial charge in [-0.25, -0.2) is 9.97 Å². The summed E-state index contributed by atoms with van der Waals surface area (Å²) in [6.45, 7) is 0. The Bertz CT molecular complexity index is 2840. The summed E-state index contributed by atoms with van der Waals surface area (Å²) in [6.07, 6.45) is 7.39. The number of hydrogen-bond acceptors (Lipinski definition) is 5. The van der Waals surface area contributed by atoms with Crippen LogP contribution in [-0.4, -0.2) is 19.9 Å². The number of benzene rings is 6. The zero-order valence-electron chi connectivity index (χ0n) is 29.7. The highest BCUT2D eigenvalue weighted by molar-refractivity contribution is 6.12. The molecule has 0 radical (unpaired) electrons. The molecule has 258 valence electrons. The van der Waals surface area contributed by atoms with Crippen molar-refractivity contribution >= 4 is 21.9 Å².